The number of rotatable bonds is 3. The maximum atomic E-state index is 5.05. The second kappa shape index (κ2) is 9.79. The normalized spacial score (nSPS) is 11.6. The lowest BCUT2D eigenvalue weighted by molar-refractivity contribution is 1.08. The van der Waals surface area contributed by atoms with Crippen molar-refractivity contribution in [3.63, 3.8) is 0 Å². The Kier molecular flexibility index (Phi) is 5.47. The summed E-state index contributed by atoms with van der Waals surface area (Å²) in [5, 5.41) is 10.4. The highest BCUT2D eigenvalue weighted by atomic mass is 15.0. The van der Waals surface area contributed by atoms with E-state index in [0.717, 1.165) is 54.5 Å². The largest absolute Gasteiger partial charge is 0.256 e. The third-order valence-electron chi connectivity index (χ3n) is 8.48. The molecular formula is C40H24N4. The van der Waals surface area contributed by atoms with Gasteiger partial charge in [0.2, 0.25) is 0 Å². The van der Waals surface area contributed by atoms with Crippen LogP contribution in [-0.2, 0) is 0 Å². The molecule has 9 aromatic rings. The first-order valence-corrected chi connectivity index (χ1v) is 14.7. The van der Waals surface area contributed by atoms with E-state index in [1.165, 1.54) is 16.2 Å². The van der Waals surface area contributed by atoms with E-state index in [1.54, 1.807) is 0 Å². The van der Waals surface area contributed by atoms with Gasteiger partial charge in [-0.25, -0.2) is 15.0 Å². The van der Waals surface area contributed by atoms with Crippen LogP contribution in [0.1, 0.15) is 0 Å². The van der Waals surface area contributed by atoms with Crippen molar-refractivity contribution < 1.29 is 0 Å². The fourth-order valence-electron chi connectivity index (χ4n) is 6.25. The van der Waals surface area contributed by atoms with Crippen molar-refractivity contribution in [1.82, 2.24) is 19.9 Å². The molecule has 0 saturated carbocycles. The van der Waals surface area contributed by atoms with Gasteiger partial charge >= 0.3 is 0 Å². The monoisotopic (exact) mass is 560 g/mol. The number of benzene rings is 7. The molecule has 0 fully saturated rings. The first-order valence-electron chi connectivity index (χ1n) is 14.7. The van der Waals surface area contributed by atoms with E-state index in [4.69, 9.17) is 19.9 Å². The molecule has 204 valence electrons. The first kappa shape index (κ1) is 24.6. The predicted octanol–water partition coefficient (Wildman–Crippen LogP) is 10.0. The van der Waals surface area contributed by atoms with Gasteiger partial charge in [-0.05, 0) is 62.0 Å². The zero-order valence-electron chi connectivity index (χ0n) is 23.6. The Labute approximate surface area is 253 Å². The van der Waals surface area contributed by atoms with Gasteiger partial charge in [-0.15, -0.1) is 0 Å². The van der Waals surface area contributed by atoms with Gasteiger partial charge in [0.15, 0.2) is 17.5 Å². The third kappa shape index (κ3) is 4.08. The molecule has 9 rings (SSSR count). The number of hydrogen-bond donors (Lipinski definition) is 0. The van der Waals surface area contributed by atoms with Crippen LogP contribution >= 0.6 is 0 Å². The molecule has 0 unspecified atom stereocenters. The van der Waals surface area contributed by atoms with Crippen LogP contribution in [-0.4, -0.2) is 19.9 Å². The molecule has 0 aliphatic rings. The zero-order valence-corrected chi connectivity index (χ0v) is 23.6. The fraction of sp³-hybridized carbons (Fsp3) is 0. The van der Waals surface area contributed by atoms with Gasteiger partial charge in [0.25, 0.3) is 0 Å². The molecule has 0 N–H and O–H groups in total. The standard InChI is InChI=1S/C40H24N4/c1-3-8-29-22-32(17-11-25(29)6-1)38-42-39(33-18-12-26-7-2-4-9-30(26)23-33)44-40(43-38)34-19-20-35-31(24-34)16-14-27-13-15-28-10-5-21-41-37(28)36(27)35/h1-24H. The molecule has 4 nitrogen and oxygen atoms in total. The Morgan fingerprint density at radius 3 is 1.41 bits per heavy atom. The Balaban J connectivity index is 1.26. The minimum absolute atomic E-state index is 0.643. The van der Waals surface area contributed by atoms with Crippen molar-refractivity contribution in [2.24, 2.45) is 0 Å². The lowest BCUT2D eigenvalue weighted by Crippen LogP contribution is -2.00. The van der Waals surface area contributed by atoms with Crippen molar-refractivity contribution in [2.75, 3.05) is 0 Å². The fourth-order valence-corrected chi connectivity index (χ4v) is 6.25. The Morgan fingerprint density at radius 1 is 0.341 bits per heavy atom. The number of pyridine rings is 1. The highest BCUT2D eigenvalue weighted by Crippen LogP contribution is 2.34. The van der Waals surface area contributed by atoms with Crippen molar-refractivity contribution in [1.29, 1.82) is 0 Å². The minimum Gasteiger partial charge on any atom is -0.256 e. The maximum absolute atomic E-state index is 5.05. The van der Waals surface area contributed by atoms with E-state index in [0.29, 0.717) is 17.5 Å². The molecule has 0 spiro atoms. The molecule has 0 atom stereocenters. The van der Waals surface area contributed by atoms with Crippen LogP contribution in [0.2, 0.25) is 0 Å². The molecule has 44 heavy (non-hydrogen) atoms. The summed E-state index contributed by atoms with van der Waals surface area (Å²) in [6.07, 6.45) is 1.86. The van der Waals surface area contributed by atoms with Gasteiger partial charge in [0, 0.05) is 33.7 Å². The molecule has 0 amide bonds. The average molecular weight is 561 g/mol. The molecule has 0 saturated heterocycles. The van der Waals surface area contributed by atoms with Gasteiger partial charge < -0.3 is 0 Å². The van der Waals surface area contributed by atoms with Crippen molar-refractivity contribution in [2.45, 2.75) is 0 Å². The topological polar surface area (TPSA) is 51.6 Å². The van der Waals surface area contributed by atoms with Crippen molar-refractivity contribution in [3.05, 3.63) is 146 Å². The number of hydrogen-bond acceptors (Lipinski definition) is 4. The molecule has 0 aliphatic carbocycles. The molecule has 2 heterocycles. The van der Waals surface area contributed by atoms with Crippen molar-refractivity contribution in [3.8, 4) is 34.2 Å². The number of fused-ring (bicyclic) bond motifs is 7. The summed E-state index contributed by atoms with van der Waals surface area (Å²) < 4.78 is 0. The molecule has 7 aromatic carbocycles. The highest BCUT2D eigenvalue weighted by molar-refractivity contribution is 6.19. The maximum Gasteiger partial charge on any atom is 0.164 e. The highest BCUT2D eigenvalue weighted by Gasteiger charge is 2.15. The van der Waals surface area contributed by atoms with Crippen LogP contribution in [0.5, 0.6) is 0 Å². The van der Waals surface area contributed by atoms with Gasteiger partial charge in [0.1, 0.15) is 0 Å². The van der Waals surface area contributed by atoms with Crippen LogP contribution in [0.25, 0.3) is 88.2 Å². The first-order chi connectivity index (χ1) is 21.8. The Morgan fingerprint density at radius 2 is 0.795 bits per heavy atom. The third-order valence-corrected chi connectivity index (χ3v) is 8.48. The van der Waals surface area contributed by atoms with E-state index in [-0.39, 0.29) is 0 Å². The predicted molar refractivity (Wildman–Crippen MR) is 181 cm³/mol. The molecule has 0 bridgehead atoms. The number of nitrogens with zero attached hydrogens (tertiary/aromatic N) is 4. The summed E-state index contributed by atoms with van der Waals surface area (Å²) in [4.78, 5) is 19.9. The lowest BCUT2D eigenvalue weighted by Gasteiger charge is -2.11. The molecule has 0 radical (unpaired) electrons. The smallest absolute Gasteiger partial charge is 0.164 e. The van der Waals surface area contributed by atoms with Gasteiger partial charge in [0.05, 0.1) is 5.52 Å². The van der Waals surface area contributed by atoms with Crippen LogP contribution in [0.15, 0.2) is 146 Å². The van der Waals surface area contributed by atoms with Crippen LogP contribution < -0.4 is 0 Å². The molecule has 0 aliphatic heterocycles. The van der Waals surface area contributed by atoms with E-state index in [1.807, 2.05) is 12.3 Å². The van der Waals surface area contributed by atoms with Crippen molar-refractivity contribution >= 4 is 54.0 Å². The van der Waals surface area contributed by atoms with Gasteiger partial charge in [-0.1, -0.05) is 115 Å². The quantitative estimate of drug-likeness (QED) is 0.202. The second-order valence-electron chi connectivity index (χ2n) is 11.2. The zero-order chi connectivity index (χ0) is 29.0. The summed E-state index contributed by atoms with van der Waals surface area (Å²) in [6, 6.07) is 48.7. The Bertz CT molecular complexity index is 2470. The average Bonchev–Trinajstić information content (AvgIpc) is 3.10. The molecule has 4 heteroatoms. The summed E-state index contributed by atoms with van der Waals surface area (Å²) in [5.74, 6) is 1.94. The summed E-state index contributed by atoms with van der Waals surface area (Å²) in [7, 11) is 0. The second-order valence-corrected chi connectivity index (χ2v) is 11.2. The number of aromatic nitrogens is 4. The summed E-state index contributed by atoms with van der Waals surface area (Å²) >= 11 is 0. The molecule has 2 aromatic heterocycles. The van der Waals surface area contributed by atoms with Crippen LogP contribution in [0.4, 0.5) is 0 Å². The van der Waals surface area contributed by atoms with Crippen LogP contribution in [0.3, 0.4) is 0 Å². The summed E-state index contributed by atoms with van der Waals surface area (Å²) in [5.41, 5.74) is 3.87. The molecular weight excluding hydrogens is 536 g/mol. The van der Waals surface area contributed by atoms with Gasteiger partial charge in [-0.2, -0.15) is 0 Å². The van der Waals surface area contributed by atoms with E-state index in [9.17, 15) is 0 Å². The lowest BCUT2D eigenvalue weighted by atomic mass is 9.97. The van der Waals surface area contributed by atoms with E-state index < -0.39 is 0 Å². The van der Waals surface area contributed by atoms with Gasteiger partial charge in [-0.3, -0.25) is 4.98 Å². The Hall–Kier alpha value is -6.00. The SMILES string of the molecule is c1ccc2cc(-c3nc(-c4ccc5ccccc5c4)nc(-c4ccc5c(ccc6ccc7cccnc7c65)c4)n3)ccc2c1. The van der Waals surface area contributed by atoms with Crippen LogP contribution in [0, 0.1) is 0 Å². The summed E-state index contributed by atoms with van der Waals surface area (Å²) in [6.45, 7) is 0. The van der Waals surface area contributed by atoms with E-state index >= 15 is 0 Å². The minimum atomic E-state index is 0.643. The van der Waals surface area contributed by atoms with E-state index in [2.05, 4.69) is 133 Å².